The van der Waals surface area contributed by atoms with E-state index in [4.69, 9.17) is 11.6 Å². The SMILES string of the molecule is CCN(CC)S(=O)(=O)c1cccc(C(=O)N/N=C(\C)c2ccc(Cl)s2)c1. The van der Waals surface area contributed by atoms with E-state index in [2.05, 4.69) is 10.5 Å². The summed E-state index contributed by atoms with van der Waals surface area (Å²) >= 11 is 7.24. The molecule has 26 heavy (non-hydrogen) atoms. The molecule has 0 radical (unpaired) electrons. The van der Waals surface area contributed by atoms with Gasteiger partial charge in [0.2, 0.25) is 10.0 Å². The number of rotatable bonds is 7. The third kappa shape index (κ3) is 4.70. The van der Waals surface area contributed by atoms with E-state index in [1.165, 1.54) is 27.8 Å². The third-order valence-corrected chi connectivity index (χ3v) is 7.08. The topological polar surface area (TPSA) is 78.8 Å². The van der Waals surface area contributed by atoms with Crippen LogP contribution in [0, 0.1) is 0 Å². The first-order valence-electron chi connectivity index (χ1n) is 8.00. The quantitative estimate of drug-likeness (QED) is 0.556. The zero-order chi connectivity index (χ0) is 19.3. The van der Waals surface area contributed by atoms with E-state index in [1.54, 1.807) is 39.0 Å². The molecule has 1 aromatic carbocycles. The second-order valence-electron chi connectivity index (χ2n) is 5.36. The molecule has 0 fully saturated rings. The summed E-state index contributed by atoms with van der Waals surface area (Å²) in [6, 6.07) is 9.49. The number of hydrogen-bond acceptors (Lipinski definition) is 5. The fourth-order valence-electron chi connectivity index (χ4n) is 2.27. The molecule has 0 bridgehead atoms. The molecule has 0 saturated heterocycles. The van der Waals surface area contributed by atoms with E-state index < -0.39 is 15.9 Å². The van der Waals surface area contributed by atoms with E-state index in [9.17, 15) is 13.2 Å². The molecule has 1 N–H and O–H groups in total. The van der Waals surface area contributed by atoms with Gasteiger partial charge in [-0.15, -0.1) is 11.3 Å². The van der Waals surface area contributed by atoms with Crippen LogP contribution in [0.1, 0.15) is 36.0 Å². The Morgan fingerprint density at radius 2 is 1.92 bits per heavy atom. The van der Waals surface area contributed by atoms with Gasteiger partial charge in [-0.25, -0.2) is 13.8 Å². The van der Waals surface area contributed by atoms with Crippen LogP contribution in [0.2, 0.25) is 4.34 Å². The molecule has 0 atom stereocenters. The molecular formula is C17H20ClN3O3S2. The molecule has 0 saturated carbocycles. The third-order valence-electron chi connectivity index (χ3n) is 3.69. The second kappa shape index (κ2) is 8.77. The number of halogens is 1. The Bertz CT molecular complexity index is 919. The number of carbonyl (C=O) groups excluding carboxylic acids is 1. The normalized spacial score (nSPS) is 12.4. The maximum absolute atomic E-state index is 12.6. The number of hydrazone groups is 1. The molecule has 2 aromatic rings. The van der Waals surface area contributed by atoms with Crippen LogP contribution in [0.3, 0.4) is 0 Å². The lowest BCUT2D eigenvalue weighted by Crippen LogP contribution is -2.30. The highest BCUT2D eigenvalue weighted by molar-refractivity contribution is 7.89. The Morgan fingerprint density at radius 1 is 1.23 bits per heavy atom. The minimum absolute atomic E-state index is 0.0830. The van der Waals surface area contributed by atoms with Gasteiger partial charge in [-0.05, 0) is 37.3 Å². The number of amides is 1. The lowest BCUT2D eigenvalue weighted by Gasteiger charge is -2.18. The van der Waals surface area contributed by atoms with Gasteiger partial charge in [-0.2, -0.15) is 9.41 Å². The monoisotopic (exact) mass is 413 g/mol. The maximum Gasteiger partial charge on any atom is 0.271 e. The molecule has 0 unspecified atom stereocenters. The Hall–Kier alpha value is -1.74. The summed E-state index contributed by atoms with van der Waals surface area (Å²) in [4.78, 5) is 13.2. The summed E-state index contributed by atoms with van der Waals surface area (Å²) in [7, 11) is -3.62. The lowest BCUT2D eigenvalue weighted by atomic mass is 10.2. The van der Waals surface area contributed by atoms with E-state index in [-0.39, 0.29) is 10.5 Å². The van der Waals surface area contributed by atoms with E-state index >= 15 is 0 Å². The summed E-state index contributed by atoms with van der Waals surface area (Å²) in [5.74, 6) is -0.483. The maximum atomic E-state index is 12.6. The smallest absolute Gasteiger partial charge is 0.267 e. The predicted octanol–water partition coefficient (Wildman–Crippen LogP) is 3.59. The summed E-state index contributed by atoms with van der Waals surface area (Å²) < 4.78 is 27.1. The number of nitrogens with one attached hydrogen (secondary N) is 1. The molecular weight excluding hydrogens is 394 g/mol. The Kier molecular flexibility index (Phi) is 6.94. The molecule has 1 heterocycles. The van der Waals surface area contributed by atoms with Gasteiger partial charge in [-0.3, -0.25) is 4.79 Å². The van der Waals surface area contributed by atoms with Crippen molar-refractivity contribution in [2.75, 3.05) is 13.1 Å². The number of carbonyl (C=O) groups is 1. The number of sulfonamides is 1. The van der Waals surface area contributed by atoms with Crippen LogP contribution < -0.4 is 5.43 Å². The van der Waals surface area contributed by atoms with Crippen LogP contribution in [0.25, 0.3) is 0 Å². The lowest BCUT2D eigenvalue weighted by molar-refractivity contribution is 0.0954. The fraction of sp³-hybridized carbons (Fsp3) is 0.294. The van der Waals surface area contributed by atoms with Gasteiger partial charge in [0.05, 0.1) is 19.8 Å². The minimum Gasteiger partial charge on any atom is -0.267 e. The molecule has 1 aromatic heterocycles. The van der Waals surface area contributed by atoms with Gasteiger partial charge >= 0.3 is 0 Å². The number of benzene rings is 1. The largest absolute Gasteiger partial charge is 0.271 e. The first-order chi connectivity index (χ1) is 12.3. The molecule has 2 rings (SSSR count). The van der Waals surface area contributed by atoms with Crippen molar-refractivity contribution in [2.24, 2.45) is 5.10 Å². The highest BCUT2D eigenvalue weighted by Gasteiger charge is 2.22. The highest BCUT2D eigenvalue weighted by Crippen LogP contribution is 2.22. The van der Waals surface area contributed by atoms with E-state index in [1.807, 2.05) is 6.07 Å². The number of thiophene rings is 1. The molecule has 1 amide bonds. The summed E-state index contributed by atoms with van der Waals surface area (Å²) in [5, 5.41) is 4.05. The second-order valence-corrected chi connectivity index (χ2v) is 9.01. The van der Waals surface area contributed by atoms with E-state index in [0.29, 0.717) is 23.1 Å². The van der Waals surface area contributed by atoms with Crippen LogP contribution in [0.4, 0.5) is 0 Å². The van der Waals surface area contributed by atoms with Crippen LogP contribution >= 0.6 is 22.9 Å². The van der Waals surface area contributed by atoms with Gasteiger partial charge in [-0.1, -0.05) is 31.5 Å². The Morgan fingerprint density at radius 3 is 2.50 bits per heavy atom. The fourth-order valence-corrected chi connectivity index (χ4v) is 4.77. The van der Waals surface area contributed by atoms with Crippen molar-refractivity contribution in [2.45, 2.75) is 25.7 Å². The molecule has 0 aliphatic carbocycles. The predicted molar refractivity (Wildman–Crippen MR) is 106 cm³/mol. The number of hydrogen-bond donors (Lipinski definition) is 1. The Labute approximate surface area is 162 Å². The van der Waals surface area contributed by atoms with Crippen LogP contribution in [-0.4, -0.2) is 37.4 Å². The van der Waals surface area contributed by atoms with Crippen molar-refractivity contribution in [3.05, 3.63) is 51.2 Å². The van der Waals surface area contributed by atoms with Gasteiger partial charge in [0.15, 0.2) is 0 Å². The van der Waals surface area contributed by atoms with Gasteiger partial charge in [0, 0.05) is 18.7 Å². The Balaban J connectivity index is 2.20. The van der Waals surface area contributed by atoms with Crippen LogP contribution in [0.5, 0.6) is 0 Å². The molecule has 9 heteroatoms. The average molecular weight is 414 g/mol. The zero-order valence-corrected chi connectivity index (χ0v) is 17.1. The molecule has 6 nitrogen and oxygen atoms in total. The van der Waals surface area contributed by atoms with Crippen molar-refractivity contribution in [1.29, 1.82) is 0 Å². The van der Waals surface area contributed by atoms with Crippen LogP contribution in [0.15, 0.2) is 46.4 Å². The number of nitrogens with zero attached hydrogens (tertiary/aromatic N) is 2. The molecule has 140 valence electrons. The van der Waals surface area contributed by atoms with Crippen molar-refractivity contribution in [1.82, 2.24) is 9.73 Å². The summed E-state index contributed by atoms with van der Waals surface area (Å²) in [5.41, 5.74) is 3.28. The zero-order valence-electron chi connectivity index (χ0n) is 14.7. The summed E-state index contributed by atoms with van der Waals surface area (Å²) in [6.07, 6.45) is 0. The minimum atomic E-state index is -3.62. The van der Waals surface area contributed by atoms with Crippen molar-refractivity contribution in [3.63, 3.8) is 0 Å². The standard InChI is InChI=1S/C17H20ClN3O3S2/c1-4-21(5-2)26(23,24)14-8-6-7-13(11-14)17(22)20-19-12(3)15-9-10-16(18)25-15/h6-11H,4-5H2,1-3H3,(H,20,22)/b19-12+. The molecule has 0 spiro atoms. The summed E-state index contributed by atoms with van der Waals surface area (Å²) in [6.45, 7) is 6.02. The van der Waals surface area contributed by atoms with Crippen molar-refractivity contribution < 1.29 is 13.2 Å². The van der Waals surface area contributed by atoms with E-state index in [0.717, 1.165) is 4.88 Å². The first-order valence-corrected chi connectivity index (χ1v) is 10.6. The molecule has 0 aliphatic rings. The first kappa shape index (κ1) is 20.6. The van der Waals surface area contributed by atoms with Crippen molar-refractivity contribution in [3.8, 4) is 0 Å². The van der Waals surface area contributed by atoms with Crippen molar-refractivity contribution >= 4 is 44.6 Å². The van der Waals surface area contributed by atoms with Gasteiger partial charge in [0.25, 0.3) is 5.91 Å². The highest BCUT2D eigenvalue weighted by atomic mass is 35.5. The average Bonchev–Trinajstić information content (AvgIpc) is 3.07. The van der Waals surface area contributed by atoms with Gasteiger partial charge < -0.3 is 0 Å². The van der Waals surface area contributed by atoms with Gasteiger partial charge in [0.1, 0.15) is 0 Å². The van der Waals surface area contributed by atoms with Crippen LogP contribution in [-0.2, 0) is 10.0 Å². The molecule has 0 aliphatic heterocycles.